The molecule has 8 nitrogen and oxygen atoms in total. The highest BCUT2D eigenvalue weighted by Gasteiger charge is 2.50. The Kier molecular flexibility index (Phi) is 12.9. The minimum absolute atomic E-state index is 0.0715. The van der Waals surface area contributed by atoms with Crippen molar-refractivity contribution < 1.29 is 33.3 Å². The van der Waals surface area contributed by atoms with Gasteiger partial charge in [-0.15, -0.1) is 0 Å². The number of ether oxygens (including phenoxy) is 3. The summed E-state index contributed by atoms with van der Waals surface area (Å²) in [5.74, 6) is 0.334. The van der Waals surface area contributed by atoms with E-state index in [1.165, 1.54) is 7.11 Å². The van der Waals surface area contributed by atoms with Crippen molar-refractivity contribution >= 4 is 20.4 Å². The molecule has 1 aromatic rings. The zero-order chi connectivity index (χ0) is 32.0. The van der Waals surface area contributed by atoms with Crippen LogP contribution in [0.4, 0.5) is 4.79 Å². The summed E-state index contributed by atoms with van der Waals surface area (Å²) in [6, 6.07) is 7.13. The summed E-state index contributed by atoms with van der Waals surface area (Å²) in [6.07, 6.45) is -0.368. The lowest BCUT2D eigenvalue weighted by Crippen LogP contribution is -2.57. The van der Waals surface area contributed by atoms with Gasteiger partial charge in [0.1, 0.15) is 24.1 Å². The first-order valence-electron chi connectivity index (χ1n) is 15.6. The zero-order valence-corrected chi connectivity index (χ0v) is 29.1. The molecule has 1 saturated heterocycles. The van der Waals surface area contributed by atoms with Crippen LogP contribution in [0.25, 0.3) is 0 Å². The van der Waals surface area contributed by atoms with Crippen LogP contribution in [0.15, 0.2) is 24.3 Å². The normalized spacial score (nSPS) is 23.3. The van der Waals surface area contributed by atoms with Crippen molar-refractivity contribution in [3.63, 3.8) is 0 Å². The highest BCUT2D eigenvalue weighted by molar-refractivity contribution is 6.77. The lowest BCUT2D eigenvalue weighted by atomic mass is 9.86. The molecule has 1 fully saturated rings. The molecule has 1 heterocycles. The quantitative estimate of drug-likeness (QED) is 0.155. The highest BCUT2D eigenvalue weighted by Crippen LogP contribution is 2.45. The molecular weight excluding hydrogens is 550 g/mol. The molecule has 1 amide bonds. The number of esters is 1. The molecule has 0 aromatic heterocycles. The van der Waals surface area contributed by atoms with Crippen LogP contribution in [0.2, 0.25) is 16.6 Å². The predicted molar refractivity (Wildman–Crippen MR) is 169 cm³/mol. The fourth-order valence-electron chi connectivity index (χ4n) is 7.22. The average Bonchev–Trinajstić information content (AvgIpc) is 2.93. The molecule has 1 unspecified atom stereocenters. The lowest BCUT2D eigenvalue weighted by molar-refractivity contribution is -0.169. The third kappa shape index (κ3) is 8.29. The molecule has 42 heavy (non-hydrogen) atoms. The summed E-state index contributed by atoms with van der Waals surface area (Å²) in [4.78, 5) is 27.6. The number of nitrogens with zero attached hydrogens (tertiary/aromatic N) is 1. The number of hydrogen-bond donors (Lipinski definition) is 1. The number of carbonyl (C=O) groups excluding carboxylic acids is 1. The number of rotatable bonds is 11. The Morgan fingerprint density at radius 2 is 1.57 bits per heavy atom. The average molecular weight is 608 g/mol. The minimum Gasteiger partial charge on any atom is -0.497 e. The monoisotopic (exact) mass is 607 g/mol. The van der Waals surface area contributed by atoms with E-state index in [9.17, 15) is 14.7 Å². The van der Waals surface area contributed by atoms with Crippen molar-refractivity contribution in [2.75, 3.05) is 14.2 Å². The second-order valence-electron chi connectivity index (χ2n) is 13.9. The molecule has 0 aliphatic carbocycles. The van der Waals surface area contributed by atoms with Gasteiger partial charge < -0.3 is 23.7 Å². The lowest BCUT2D eigenvalue weighted by Gasteiger charge is -2.47. The summed E-state index contributed by atoms with van der Waals surface area (Å²) in [5.41, 5.74) is 1.70. The Labute approximate surface area is 255 Å². The van der Waals surface area contributed by atoms with Crippen LogP contribution in [0.5, 0.6) is 5.75 Å². The van der Waals surface area contributed by atoms with Gasteiger partial charge in [0.2, 0.25) is 8.32 Å². The number of amides is 1. The van der Waals surface area contributed by atoms with E-state index in [-0.39, 0.29) is 12.0 Å². The van der Waals surface area contributed by atoms with Gasteiger partial charge in [0.15, 0.2) is 0 Å². The highest BCUT2D eigenvalue weighted by atomic mass is 28.4. The van der Waals surface area contributed by atoms with Gasteiger partial charge in [-0.25, -0.2) is 9.59 Å². The van der Waals surface area contributed by atoms with Gasteiger partial charge in [-0.3, -0.25) is 4.90 Å². The smallest absolute Gasteiger partial charge is 0.410 e. The molecule has 1 aliphatic heterocycles. The largest absolute Gasteiger partial charge is 0.497 e. The van der Waals surface area contributed by atoms with Gasteiger partial charge in [-0.2, -0.15) is 0 Å². The van der Waals surface area contributed by atoms with E-state index in [2.05, 4.69) is 53.7 Å². The minimum atomic E-state index is -2.35. The van der Waals surface area contributed by atoms with Crippen LogP contribution in [0.3, 0.4) is 0 Å². The molecule has 5 atom stereocenters. The van der Waals surface area contributed by atoms with Crippen molar-refractivity contribution in [2.45, 2.75) is 136 Å². The number of carbonyl (C=O) groups is 2. The first-order chi connectivity index (χ1) is 19.5. The van der Waals surface area contributed by atoms with Crippen molar-refractivity contribution in [2.24, 2.45) is 11.3 Å². The Balaban J connectivity index is 2.59. The van der Waals surface area contributed by atoms with Crippen molar-refractivity contribution in [1.29, 1.82) is 0 Å². The van der Waals surface area contributed by atoms with Crippen molar-refractivity contribution in [1.82, 2.24) is 4.90 Å². The second-order valence-corrected chi connectivity index (χ2v) is 19.4. The zero-order valence-electron chi connectivity index (χ0n) is 28.1. The maximum absolute atomic E-state index is 13.8. The molecule has 0 saturated carbocycles. The van der Waals surface area contributed by atoms with Crippen LogP contribution < -0.4 is 4.74 Å². The maximum Gasteiger partial charge on any atom is 0.410 e. The SMILES string of the molecule is COc1ccc(C[C@H]2CCC[C@H](N(C(=O)O)C(OC)C(C)(C)C)C(=O)O[C@@H](C)[C@@H]2O[Si](C(C)C)(C(C)C)C(C)C)cc1. The van der Waals surface area contributed by atoms with Crippen molar-refractivity contribution in [3.8, 4) is 5.75 Å². The summed E-state index contributed by atoms with van der Waals surface area (Å²) < 4.78 is 24.6. The third-order valence-electron chi connectivity index (χ3n) is 9.03. The van der Waals surface area contributed by atoms with E-state index < -0.39 is 44.2 Å². The summed E-state index contributed by atoms with van der Waals surface area (Å²) in [6.45, 7) is 21.2. The van der Waals surface area contributed by atoms with E-state index >= 15 is 0 Å². The maximum atomic E-state index is 13.8. The Morgan fingerprint density at radius 1 is 1.02 bits per heavy atom. The third-order valence-corrected chi connectivity index (χ3v) is 15.1. The van der Waals surface area contributed by atoms with E-state index in [1.807, 2.05) is 39.8 Å². The number of hydrogen-bond acceptors (Lipinski definition) is 6. The Bertz CT molecular complexity index is 983. The number of methoxy groups -OCH3 is 2. The summed E-state index contributed by atoms with van der Waals surface area (Å²) >= 11 is 0. The fourth-order valence-corrected chi connectivity index (χ4v) is 12.9. The van der Waals surface area contributed by atoms with Gasteiger partial charge in [-0.05, 0) is 66.4 Å². The molecule has 0 bridgehead atoms. The van der Waals surface area contributed by atoms with E-state index in [1.54, 1.807) is 7.11 Å². The molecular formula is C33H57NO7Si. The van der Waals surface area contributed by atoms with Crippen LogP contribution in [0, 0.1) is 11.3 Å². The molecule has 240 valence electrons. The van der Waals surface area contributed by atoms with Crippen LogP contribution in [0.1, 0.15) is 94.1 Å². The van der Waals surface area contributed by atoms with Gasteiger partial charge >= 0.3 is 12.1 Å². The molecule has 0 spiro atoms. The first-order valence-corrected chi connectivity index (χ1v) is 17.7. The Morgan fingerprint density at radius 3 is 2.00 bits per heavy atom. The molecule has 2 rings (SSSR count). The van der Waals surface area contributed by atoms with E-state index in [0.29, 0.717) is 29.5 Å². The predicted octanol–water partition coefficient (Wildman–Crippen LogP) is 7.90. The Hall–Kier alpha value is -2.10. The fraction of sp³-hybridized carbons (Fsp3) is 0.758. The van der Waals surface area contributed by atoms with Gasteiger partial charge in [0, 0.05) is 12.5 Å². The number of cyclic esters (lactones) is 1. The first kappa shape index (κ1) is 36.1. The molecule has 1 aliphatic rings. The van der Waals surface area contributed by atoms with Crippen LogP contribution >= 0.6 is 0 Å². The molecule has 0 radical (unpaired) electrons. The van der Waals surface area contributed by atoms with Gasteiger partial charge in [0.05, 0.1) is 13.2 Å². The standard InChI is InChI=1S/C33H57NO7Si/c1-21(2)42(22(3)4,23(5)6)41-29-24(7)40-30(35)28(34(32(36)37)31(39-12)33(8,9)10)15-13-14-26(29)20-25-16-18-27(38-11)19-17-25/h16-19,21-24,26,28-29,31H,13-15,20H2,1-12H3,(H,36,37)/t24-,26+,28-,29-,31?/m0/s1. The number of carboxylic acid groups (broad SMARTS) is 1. The molecule has 1 aromatic carbocycles. The van der Waals surface area contributed by atoms with Crippen LogP contribution in [-0.2, 0) is 25.1 Å². The molecule has 9 heteroatoms. The second kappa shape index (κ2) is 15.1. The van der Waals surface area contributed by atoms with Crippen LogP contribution in [-0.4, -0.2) is 69.1 Å². The van der Waals surface area contributed by atoms with Gasteiger partial charge in [-0.1, -0.05) is 80.9 Å². The van der Waals surface area contributed by atoms with Gasteiger partial charge in [0.25, 0.3) is 0 Å². The van der Waals surface area contributed by atoms with Crippen molar-refractivity contribution in [3.05, 3.63) is 29.8 Å². The number of benzene rings is 1. The van der Waals surface area contributed by atoms with E-state index in [0.717, 1.165) is 29.1 Å². The summed E-state index contributed by atoms with van der Waals surface area (Å²) in [5, 5.41) is 10.3. The topological polar surface area (TPSA) is 94.5 Å². The van der Waals surface area contributed by atoms with E-state index in [4.69, 9.17) is 18.6 Å². The molecule has 1 N–H and O–H groups in total. The summed E-state index contributed by atoms with van der Waals surface area (Å²) in [7, 11) is 0.793.